The molecule has 144 valence electrons. The number of amides is 1. The molecule has 0 aliphatic heterocycles. The van der Waals surface area contributed by atoms with Gasteiger partial charge >= 0.3 is 0 Å². The molecule has 1 amide bonds. The molecule has 0 atom stereocenters. The van der Waals surface area contributed by atoms with Gasteiger partial charge in [-0.25, -0.2) is 12.8 Å². The van der Waals surface area contributed by atoms with Gasteiger partial charge in [-0.1, -0.05) is 36.4 Å². The highest BCUT2D eigenvalue weighted by atomic mass is 32.2. The predicted octanol–water partition coefficient (Wildman–Crippen LogP) is 3.09. The molecule has 0 bridgehead atoms. The first-order chi connectivity index (χ1) is 13.4. The van der Waals surface area contributed by atoms with Crippen molar-refractivity contribution < 1.29 is 17.6 Å². The van der Waals surface area contributed by atoms with Crippen LogP contribution in [0.1, 0.15) is 21.5 Å². The van der Waals surface area contributed by atoms with Crippen LogP contribution in [0.5, 0.6) is 0 Å². The van der Waals surface area contributed by atoms with Crippen molar-refractivity contribution in [3.63, 3.8) is 0 Å². The molecule has 0 saturated carbocycles. The standard InChI is InChI=1S/C20H18FN3O3S/c21-18-9-3-1-7-16(18)14-28(26,27)24-19-10-4-2-8-17(19)20(25)23-13-15-6-5-11-22-12-15/h1-12,24H,13-14H2,(H,23,25). The normalized spacial score (nSPS) is 11.0. The Kier molecular flexibility index (Phi) is 6.00. The number of carbonyl (C=O) groups is 1. The number of nitrogens with one attached hydrogen (secondary N) is 2. The molecule has 0 aliphatic carbocycles. The summed E-state index contributed by atoms with van der Waals surface area (Å²) in [5, 5.41) is 2.73. The van der Waals surface area contributed by atoms with Crippen LogP contribution in [0.3, 0.4) is 0 Å². The van der Waals surface area contributed by atoms with Crippen LogP contribution >= 0.6 is 0 Å². The summed E-state index contributed by atoms with van der Waals surface area (Å²) in [6.07, 6.45) is 3.26. The Morgan fingerprint density at radius 2 is 1.75 bits per heavy atom. The monoisotopic (exact) mass is 399 g/mol. The van der Waals surface area contributed by atoms with Gasteiger partial charge in [-0.05, 0) is 29.8 Å². The van der Waals surface area contributed by atoms with Gasteiger partial charge in [-0.2, -0.15) is 0 Å². The van der Waals surface area contributed by atoms with Gasteiger partial charge in [0, 0.05) is 24.5 Å². The fourth-order valence-electron chi connectivity index (χ4n) is 2.57. The van der Waals surface area contributed by atoms with Gasteiger partial charge in [0.2, 0.25) is 10.0 Å². The van der Waals surface area contributed by atoms with Crippen LogP contribution in [0, 0.1) is 5.82 Å². The number of hydrogen-bond acceptors (Lipinski definition) is 4. The molecule has 28 heavy (non-hydrogen) atoms. The Balaban J connectivity index is 1.74. The molecule has 2 aromatic carbocycles. The van der Waals surface area contributed by atoms with Crippen molar-refractivity contribution in [3.8, 4) is 0 Å². The summed E-state index contributed by atoms with van der Waals surface area (Å²) in [5.74, 6) is -1.57. The number of halogens is 1. The lowest BCUT2D eigenvalue weighted by Crippen LogP contribution is -2.25. The lowest BCUT2D eigenvalue weighted by atomic mass is 10.1. The summed E-state index contributed by atoms with van der Waals surface area (Å²) < 4.78 is 41.1. The zero-order valence-corrected chi connectivity index (χ0v) is 15.6. The van der Waals surface area contributed by atoms with E-state index in [1.807, 2.05) is 6.07 Å². The van der Waals surface area contributed by atoms with E-state index < -0.39 is 27.5 Å². The minimum absolute atomic E-state index is 0.0495. The molecule has 1 aromatic heterocycles. The van der Waals surface area contributed by atoms with E-state index >= 15 is 0 Å². The van der Waals surface area contributed by atoms with Crippen LogP contribution in [0.15, 0.2) is 73.1 Å². The molecule has 1 heterocycles. The average molecular weight is 399 g/mol. The third-order valence-corrected chi connectivity index (χ3v) is 5.14. The van der Waals surface area contributed by atoms with Crippen molar-refractivity contribution in [3.05, 3.63) is 95.6 Å². The first-order valence-electron chi connectivity index (χ1n) is 8.45. The molecule has 2 N–H and O–H groups in total. The zero-order chi connectivity index (χ0) is 20.0. The highest BCUT2D eigenvalue weighted by Crippen LogP contribution is 2.19. The van der Waals surface area contributed by atoms with E-state index in [0.29, 0.717) is 0 Å². The van der Waals surface area contributed by atoms with Crippen molar-refractivity contribution in [2.75, 3.05) is 4.72 Å². The number of para-hydroxylation sites is 1. The first-order valence-corrected chi connectivity index (χ1v) is 10.1. The number of pyridine rings is 1. The average Bonchev–Trinajstić information content (AvgIpc) is 2.69. The van der Waals surface area contributed by atoms with Gasteiger partial charge in [0.05, 0.1) is 17.0 Å². The Bertz CT molecular complexity index is 1070. The van der Waals surface area contributed by atoms with Crippen LogP contribution in [0.25, 0.3) is 0 Å². The second kappa shape index (κ2) is 8.62. The van der Waals surface area contributed by atoms with Gasteiger partial charge in [-0.3, -0.25) is 14.5 Å². The van der Waals surface area contributed by atoms with Crippen LogP contribution in [-0.4, -0.2) is 19.3 Å². The van der Waals surface area contributed by atoms with E-state index in [0.717, 1.165) is 5.56 Å². The maximum absolute atomic E-state index is 13.8. The van der Waals surface area contributed by atoms with Crippen molar-refractivity contribution >= 4 is 21.6 Å². The van der Waals surface area contributed by atoms with Gasteiger partial charge < -0.3 is 5.32 Å². The van der Waals surface area contributed by atoms with E-state index in [2.05, 4.69) is 15.0 Å². The number of rotatable bonds is 7. The van der Waals surface area contributed by atoms with Gasteiger partial charge in [0.15, 0.2) is 0 Å². The largest absolute Gasteiger partial charge is 0.348 e. The molecule has 8 heteroatoms. The molecular formula is C20H18FN3O3S. The number of nitrogens with zero attached hydrogens (tertiary/aromatic N) is 1. The van der Waals surface area contributed by atoms with Crippen LogP contribution in [0.2, 0.25) is 0 Å². The van der Waals surface area contributed by atoms with E-state index in [4.69, 9.17) is 0 Å². The second-order valence-electron chi connectivity index (χ2n) is 6.04. The second-order valence-corrected chi connectivity index (χ2v) is 7.76. The van der Waals surface area contributed by atoms with Gasteiger partial charge in [0.25, 0.3) is 5.91 Å². The Hall–Kier alpha value is -3.26. The van der Waals surface area contributed by atoms with Crippen molar-refractivity contribution in [1.82, 2.24) is 10.3 Å². The summed E-state index contributed by atoms with van der Waals surface area (Å²) >= 11 is 0. The SMILES string of the molecule is O=C(NCc1cccnc1)c1ccccc1NS(=O)(=O)Cc1ccccc1F. The molecule has 6 nitrogen and oxygen atoms in total. The van der Waals surface area contributed by atoms with E-state index in [9.17, 15) is 17.6 Å². The molecule has 3 aromatic rings. The minimum Gasteiger partial charge on any atom is -0.348 e. The quantitative estimate of drug-likeness (QED) is 0.639. The smallest absolute Gasteiger partial charge is 0.253 e. The number of anilines is 1. The van der Waals surface area contributed by atoms with Crippen molar-refractivity contribution in [1.29, 1.82) is 0 Å². The molecule has 0 spiro atoms. The van der Waals surface area contributed by atoms with Crippen LogP contribution in [0.4, 0.5) is 10.1 Å². The third kappa shape index (κ3) is 5.14. The summed E-state index contributed by atoms with van der Waals surface area (Å²) in [6, 6.07) is 15.5. The Morgan fingerprint density at radius 3 is 2.50 bits per heavy atom. The maximum atomic E-state index is 13.8. The number of sulfonamides is 1. The molecule has 0 radical (unpaired) electrons. The zero-order valence-electron chi connectivity index (χ0n) is 14.8. The summed E-state index contributed by atoms with van der Waals surface area (Å²) in [5.41, 5.74) is 1.16. The molecule has 0 saturated heterocycles. The fourth-order valence-corrected chi connectivity index (χ4v) is 3.80. The maximum Gasteiger partial charge on any atom is 0.253 e. The number of carbonyl (C=O) groups excluding carboxylic acids is 1. The van der Waals surface area contributed by atoms with Crippen molar-refractivity contribution in [2.24, 2.45) is 0 Å². The predicted molar refractivity (Wildman–Crippen MR) is 104 cm³/mol. The molecule has 0 aliphatic rings. The highest BCUT2D eigenvalue weighted by molar-refractivity contribution is 7.91. The van der Waals surface area contributed by atoms with E-state index in [1.54, 1.807) is 36.7 Å². The lowest BCUT2D eigenvalue weighted by molar-refractivity contribution is 0.0952. The number of aromatic nitrogens is 1. The van der Waals surface area contributed by atoms with Gasteiger partial charge in [0.1, 0.15) is 5.82 Å². The fraction of sp³-hybridized carbons (Fsp3) is 0.100. The topological polar surface area (TPSA) is 88.2 Å². The van der Waals surface area contributed by atoms with Crippen molar-refractivity contribution in [2.45, 2.75) is 12.3 Å². The molecule has 3 rings (SSSR count). The van der Waals surface area contributed by atoms with Gasteiger partial charge in [-0.15, -0.1) is 0 Å². The lowest BCUT2D eigenvalue weighted by Gasteiger charge is -2.13. The molecular weight excluding hydrogens is 381 g/mol. The number of benzene rings is 2. The highest BCUT2D eigenvalue weighted by Gasteiger charge is 2.18. The summed E-state index contributed by atoms with van der Waals surface area (Å²) in [4.78, 5) is 16.5. The van der Waals surface area contributed by atoms with E-state index in [1.165, 1.54) is 30.3 Å². The Morgan fingerprint density at radius 1 is 1.00 bits per heavy atom. The third-order valence-electron chi connectivity index (χ3n) is 3.92. The first kappa shape index (κ1) is 19.5. The van der Waals surface area contributed by atoms with E-state index in [-0.39, 0.29) is 23.4 Å². The van der Waals surface area contributed by atoms with Crippen LogP contribution < -0.4 is 10.0 Å². The summed E-state index contributed by atoms with van der Waals surface area (Å²) in [6.45, 7) is 0.253. The number of hydrogen-bond donors (Lipinski definition) is 2. The van der Waals surface area contributed by atoms with Crippen LogP contribution in [-0.2, 0) is 22.3 Å². The Labute approximate surface area is 162 Å². The molecule has 0 fully saturated rings. The molecule has 0 unspecified atom stereocenters. The minimum atomic E-state index is -3.91. The summed E-state index contributed by atoms with van der Waals surface area (Å²) in [7, 11) is -3.91.